The molecule has 1 fully saturated rings. The standard InChI is InChI=1S/C19H21N5O2S/c1-14-4-5-16-17(11-14)27-18(22-16)24(13-26-15-3-2-6-21-12-15)19(25)23-9-7-20-8-10-23/h2-6,11-12,20H,7-10,13H2,1H3. The third-order valence-electron chi connectivity index (χ3n) is 4.38. The number of hydrogen-bond acceptors (Lipinski definition) is 6. The van der Waals surface area contributed by atoms with E-state index in [0.29, 0.717) is 24.0 Å². The fourth-order valence-electron chi connectivity index (χ4n) is 2.93. The molecule has 0 atom stereocenters. The number of benzene rings is 1. The van der Waals surface area contributed by atoms with E-state index in [1.165, 1.54) is 16.9 Å². The van der Waals surface area contributed by atoms with Gasteiger partial charge in [-0.25, -0.2) is 14.7 Å². The van der Waals surface area contributed by atoms with Gasteiger partial charge < -0.3 is 15.0 Å². The average Bonchev–Trinajstić information content (AvgIpc) is 3.12. The Hall–Kier alpha value is -2.71. The Bertz CT molecular complexity index is 924. The number of fused-ring (bicyclic) bond motifs is 1. The second kappa shape index (κ2) is 7.89. The van der Waals surface area contributed by atoms with Crippen molar-refractivity contribution in [3.63, 3.8) is 0 Å². The summed E-state index contributed by atoms with van der Waals surface area (Å²) in [5.41, 5.74) is 2.06. The maximum atomic E-state index is 13.2. The molecule has 2 aromatic heterocycles. The van der Waals surface area contributed by atoms with E-state index in [4.69, 9.17) is 4.74 Å². The van der Waals surface area contributed by atoms with Gasteiger partial charge in [-0.05, 0) is 36.8 Å². The molecular weight excluding hydrogens is 362 g/mol. The zero-order chi connectivity index (χ0) is 18.6. The summed E-state index contributed by atoms with van der Waals surface area (Å²) in [6, 6.07) is 9.64. The summed E-state index contributed by atoms with van der Waals surface area (Å²) in [5, 5.41) is 3.91. The van der Waals surface area contributed by atoms with E-state index in [2.05, 4.69) is 21.4 Å². The average molecular weight is 383 g/mol. The van der Waals surface area contributed by atoms with Crippen molar-refractivity contribution >= 4 is 32.7 Å². The van der Waals surface area contributed by atoms with Crippen LogP contribution in [-0.4, -0.2) is 53.8 Å². The molecule has 3 aromatic rings. The van der Waals surface area contributed by atoms with Crippen LogP contribution in [-0.2, 0) is 0 Å². The van der Waals surface area contributed by atoms with Gasteiger partial charge in [0.1, 0.15) is 5.75 Å². The lowest BCUT2D eigenvalue weighted by molar-refractivity contribution is 0.188. The molecule has 1 N–H and O–H groups in total. The van der Waals surface area contributed by atoms with Gasteiger partial charge in [0.05, 0.1) is 16.4 Å². The van der Waals surface area contributed by atoms with Crippen LogP contribution in [0.4, 0.5) is 9.93 Å². The van der Waals surface area contributed by atoms with Crippen LogP contribution in [0.1, 0.15) is 5.56 Å². The molecule has 0 bridgehead atoms. The maximum absolute atomic E-state index is 13.2. The Kier molecular flexibility index (Phi) is 5.17. The molecule has 140 valence electrons. The summed E-state index contributed by atoms with van der Waals surface area (Å²) >= 11 is 1.50. The largest absolute Gasteiger partial charge is 0.471 e. The normalized spacial score (nSPS) is 14.3. The van der Waals surface area contributed by atoms with Gasteiger partial charge in [-0.2, -0.15) is 0 Å². The summed E-state index contributed by atoms with van der Waals surface area (Å²) < 4.78 is 6.88. The van der Waals surface area contributed by atoms with Crippen molar-refractivity contribution in [3.8, 4) is 5.75 Å². The quantitative estimate of drug-likeness (QED) is 0.702. The predicted octanol–water partition coefficient (Wildman–Crippen LogP) is 2.87. The van der Waals surface area contributed by atoms with Crippen LogP contribution in [0.25, 0.3) is 10.2 Å². The summed E-state index contributed by atoms with van der Waals surface area (Å²) in [5.74, 6) is 0.618. The number of urea groups is 1. The van der Waals surface area contributed by atoms with Crippen LogP contribution in [0.2, 0.25) is 0 Å². The zero-order valence-electron chi connectivity index (χ0n) is 15.1. The predicted molar refractivity (Wildman–Crippen MR) is 106 cm³/mol. The molecule has 1 aliphatic heterocycles. The fourth-order valence-corrected chi connectivity index (χ4v) is 3.97. The lowest BCUT2D eigenvalue weighted by atomic mass is 10.2. The lowest BCUT2D eigenvalue weighted by Gasteiger charge is -2.31. The third-order valence-corrected chi connectivity index (χ3v) is 5.42. The Morgan fingerprint density at radius 1 is 1.33 bits per heavy atom. The number of nitrogens with zero attached hydrogens (tertiary/aromatic N) is 4. The molecule has 1 aliphatic rings. The van der Waals surface area contributed by atoms with Crippen molar-refractivity contribution in [2.24, 2.45) is 0 Å². The van der Waals surface area contributed by atoms with Crippen molar-refractivity contribution in [1.29, 1.82) is 0 Å². The van der Waals surface area contributed by atoms with E-state index in [0.717, 1.165) is 23.3 Å². The molecule has 3 heterocycles. The van der Waals surface area contributed by atoms with Gasteiger partial charge in [-0.15, -0.1) is 0 Å². The number of carbonyl (C=O) groups is 1. The van der Waals surface area contributed by atoms with Gasteiger partial charge in [0.2, 0.25) is 0 Å². The van der Waals surface area contributed by atoms with Crippen molar-refractivity contribution < 1.29 is 9.53 Å². The van der Waals surface area contributed by atoms with Crippen LogP contribution >= 0.6 is 11.3 Å². The van der Waals surface area contributed by atoms with Crippen molar-refractivity contribution in [2.75, 3.05) is 37.8 Å². The molecule has 0 aliphatic carbocycles. The molecule has 1 aromatic carbocycles. The molecule has 4 rings (SSSR count). The number of piperazine rings is 1. The minimum absolute atomic E-state index is 0.0869. The fraction of sp³-hybridized carbons (Fsp3) is 0.316. The number of pyridine rings is 1. The van der Waals surface area contributed by atoms with Gasteiger partial charge in [0, 0.05) is 32.4 Å². The minimum atomic E-state index is -0.0869. The molecule has 27 heavy (non-hydrogen) atoms. The van der Waals surface area contributed by atoms with Crippen LogP contribution in [0.3, 0.4) is 0 Å². The number of aryl methyl sites for hydroxylation is 1. The second-order valence-corrected chi connectivity index (χ2v) is 7.39. The lowest BCUT2D eigenvalue weighted by Crippen LogP contribution is -2.52. The van der Waals surface area contributed by atoms with Crippen LogP contribution in [0, 0.1) is 6.92 Å². The van der Waals surface area contributed by atoms with Crippen molar-refractivity contribution in [3.05, 3.63) is 48.3 Å². The smallest absolute Gasteiger partial charge is 0.329 e. The number of hydrogen-bond donors (Lipinski definition) is 1. The summed E-state index contributed by atoms with van der Waals surface area (Å²) in [6.45, 7) is 5.07. The van der Waals surface area contributed by atoms with E-state index in [9.17, 15) is 4.79 Å². The van der Waals surface area contributed by atoms with E-state index >= 15 is 0 Å². The van der Waals surface area contributed by atoms with E-state index in [1.807, 2.05) is 30.0 Å². The number of ether oxygens (including phenoxy) is 1. The van der Waals surface area contributed by atoms with Crippen molar-refractivity contribution in [2.45, 2.75) is 6.92 Å². The molecular formula is C19H21N5O2S. The first kappa shape index (κ1) is 17.7. The maximum Gasteiger partial charge on any atom is 0.329 e. The molecule has 1 saturated heterocycles. The molecule has 0 saturated carbocycles. The Morgan fingerprint density at radius 2 is 2.19 bits per heavy atom. The number of anilines is 1. The number of aromatic nitrogens is 2. The highest BCUT2D eigenvalue weighted by Gasteiger charge is 2.26. The van der Waals surface area contributed by atoms with Gasteiger partial charge in [0.15, 0.2) is 11.9 Å². The molecule has 0 radical (unpaired) electrons. The summed E-state index contributed by atoms with van der Waals surface area (Å²) in [4.78, 5) is 25.3. The monoisotopic (exact) mass is 383 g/mol. The van der Waals surface area contributed by atoms with Crippen LogP contribution in [0.5, 0.6) is 5.75 Å². The van der Waals surface area contributed by atoms with Gasteiger partial charge >= 0.3 is 6.03 Å². The highest BCUT2D eigenvalue weighted by molar-refractivity contribution is 7.22. The topological polar surface area (TPSA) is 70.6 Å². The second-order valence-electron chi connectivity index (χ2n) is 6.38. The van der Waals surface area contributed by atoms with Crippen LogP contribution in [0.15, 0.2) is 42.7 Å². The Labute approximate surface area is 161 Å². The molecule has 0 unspecified atom stereocenters. The minimum Gasteiger partial charge on any atom is -0.471 e. The Morgan fingerprint density at radius 3 is 2.96 bits per heavy atom. The zero-order valence-corrected chi connectivity index (χ0v) is 15.9. The Balaban J connectivity index is 1.62. The van der Waals surface area contributed by atoms with E-state index in [-0.39, 0.29) is 12.8 Å². The van der Waals surface area contributed by atoms with Gasteiger partial charge in [-0.1, -0.05) is 17.4 Å². The number of rotatable bonds is 4. The van der Waals surface area contributed by atoms with E-state index < -0.39 is 0 Å². The SMILES string of the molecule is Cc1ccc2nc(N(COc3cccnc3)C(=O)N3CCNCC3)sc2c1. The number of carbonyl (C=O) groups excluding carboxylic acids is 1. The van der Waals surface area contributed by atoms with Crippen molar-refractivity contribution in [1.82, 2.24) is 20.2 Å². The highest BCUT2D eigenvalue weighted by atomic mass is 32.1. The van der Waals surface area contributed by atoms with Crippen LogP contribution < -0.4 is 15.0 Å². The highest BCUT2D eigenvalue weighted by Crippen LogP contribution is 2.30. The number of thiazole rings is 1. The van der Waals surface area contributed by atoms with Gasteiger partial charge in [-0.3, -0.25) is 4.98 Å². The first-order valence-electron chi connectivity index (χ1n) is 8.88. The van der Waals surface area contributed by atoms with Gasteiger partial charge in [0.25, 0.3) is 0 Å². The van der Waals surface area contributed by atoms with E-state index in [1.54, 1.807) is 23.4 Å². The molecule has 0 spiro atoms. The molecule has 2 amide bonds. The first-order valence-corrected chi connectivity index (χ1v) is 9.69. The summed E-state index contributed by atoms with van der Waals surface area (Å²) in [7, 11) is 0. The number of nitrogens with one attached hydrogen (secondary N) is 1. The molecule has 7 nitrogen and oxygen atoms in total. The number of amides is 2. The third kappa shape index (κ3) is 4.01. The summed E-state index contributed by atoms with van der Waals surface area (Å²) in [6.07, 6.45) is 3.32. The molecule has 8 heteroatoms. The first-order chi connectivity index (χ1) is 13.2.